The van der Waals surface area contributed by atoms with Crippen LogP contribution in [0, 0.1) is 34.0 Å². The quantitative estimate of drug-likeness (QED) is 0.658. The first kappa shape index (κ1) is 16.6. The fraction of sp³-hybridized carbons (Fsp3) is 0. The molecule has 0 N–H and O–H groups in total. The third-order valence-corrected chi connectivity index (χ3v) is 3.62. The minimum absolute atomic E-state index is 0.504. The molecule has 3 rings (SSSR count). The van der Waals surface area contributed by atoms with Crippen molar-refractivity contribution in [2.75, 3.05) is 5.06 Å². The summed E-state index contributed by atoms with van der Waals surface area (Å²) in [6.07, 6.45) is 0. The van der Waals surface area contributed by atoms with Crippen molar-refractivity contribution in [3.8, 4) is 24.0 Å². The van der Waals surface area contributed by atoms with Crippen molar-refractivity contribution in [1.29, 1.82) is 15.8 Å². The molecule has 0 aliphatic rings. The van der Waals surface area contributed by atoms with E-state index in [1.54, 1.807) is 71.8 Å². The molecular formula is C21H12N4O. The molecule has 0 amide bonds. The second-order valence-electron chi connectivity index (χ2n) is 5.34. The van der Waals surface area contributed by atoms with Crippen LogP contribution in [0.15, 0.2) is 72.8 Å². The van der Waals surface area contributed by atoms with E-state index in [4.69, 9.17) is 20.6 Å². The summed E-state index contributed by atoms with van der Waals surface area (Å²) in [5, 5.41) is 28.6. The van der Waals surface area contributed by atoms with Gasteiger partial charge in [-0.3, -0.25) is 0 Å². The van der Waals surface area contributed by atoms with E-state index in [1.165, 1.54) is 0 Å². The minimum atomic E-state index is 0.504. The first-order valence-corrected chi connectivity index (χ1v) is 7.72. The maximum Gasteiger partial charge on any atom is 0.155 e. The predicted octanol–water partition coefficient (Wildman–Crippen LogP) is 4.43. The lowest BCUT2D eigenvalue weighted by atomic mass is 10.2. The second kappa shape index (κ2) is 7.53. The number of anilines is 2. The van der Waals surface area contributed by atoms with E-state index in [0.29, 0.717) is 33.8 Å². The van der Waals surface area contributed by atoms with Gasteiger partial charge in [0.1, 0.15) is 0 Å². The standard InChI is InChI=1S/C21H12N4O/c22-13-16-4-8-19(9-5-16)25(20-3-1-2-18(12-20)15-24)26-21-10-6-17(14-23)7-11-21/h1-12H. The number of hydrogen-bond donors (Lipinski definition) is 0. The maximum absolute atomic E-state index is 9.15. The van der Waals surface area contributed by atoms with E-state index in [9.17, 15) is 0 Å². The molecule has 0 radical (unpaired) electrons. The van der Waals surface area contributed by atoms with Crippen molar-refractivity contribution < 1.29 is 4.84 Å². The largest absolute Gasteiger partial charge is 0.375 e. The average molecular weight is 336 g/mol. The first-order chi connectivity index (χ1) is 12.7. The lowest BCUT2D eigenvalue weighted by Gasteiger charge is -2.24. The highest BCUT2D eigenvalue weighted by Gasteiger charge is 2.13. The lowest BCUT2D eigenvalue weighted by Crippen LogP contribution is -2.21. The fourth-order valence-electron chi connectivity index (χ4n) is 2.32. The van der Waals surface area contributed by atoms with Crippen molar-refractivity contribution in [3.63, 3.8) is 0 Å². The van der Waals surface area contributed by atoms with Crippen LogP contribution >= 0.6 is 0 Å². The second-order valence-corrected chi connectivity index (χ2v) is 5.34. The molecular weight excluding hydrogens is 324 g/mol. The van der Waals surface area contributed by atoms with E-state index >= 15 is 0 Å². The van der Waals surface area contributed by atoms with Crippen LogP contribution in [0.3, 0.4) is 0 Å². The molecule has 3 aromatic carbocycles. The number of hydrogen-bond acceptors (Lipinski definition) is 5. The zero-order chi connectivity index (χ0) is 18.4. The first-order valence-electron chi connectivity index (χ1n) is 7.72. The molecule has 5 heteroatoms. The van der Waals surface area contributed by atoms with Gasteiger partial charge in [0, 0.05) is 0 Å². The Balaban J connectivity index is 2.01. The molecule has 0 aliphatic carbocycles. The Morgan fingerprint density at radius 3 is 1.77 bits per heavy atom. The van der Waals surface area contributed by atoms with E-state index in [-0.39, 0.29) is 0 Å². The number of nitrogens with zero attached hydrogens (tertiary/aromatic N) is 4. The monoisotopic (exact) mass is 336 g/mol. The van der Waals surface area contributed by atoms with Gasteiger partial charge in [-0.25, -0.2) is 0 Å². The van der Waals surface area contributed by atoms with Crippen LogP contribution in [0.5, 0.6) is 5.75 Å². The number of benzene rings is 3. The Hall–Kier alpha value is -4.27. The molecule has 26 heavy (non-hydrogen) atoms. The van der Waals surface area contributed by atoms with Crippen LogP contribution in [0.4, 0.5) is 11.4 Å². The summed E-state index contributed by atoms with van der Waals surface area (Å²) in [5.74, 6) is 0.538. The summed E-state index contributed by atoms with van der Waals surface area (Å²) in [6, 6.07) is 26.9. The Morgan fingerprint density at radius 1 is 0.615 bits per heavy atom. The van der Waals surface area contributed by atoms with Gasteiger partial charge in [0.15, 0.2) is 5.75 Å². The maximum atomic E-state index is 9.15. The lowest BCUT2D eigenvalue weighted by molar-refractivity contribution is 0.324. The van der Waals surface area contributed by atoms with Gasteiger partial charge >= 0.3 is 0 Å². The van der Waals surface area contributed by atoms with Crippen LogP contribution in [0.25, 0.3) is 0 Å². The van der Waals surface area contributed by atoms with E-state index in [1.807, 2.05) is 6.07 Å². The van der Waals surface area contributed by atoms with E-state index in [0.717, 1.165) is 0 Å². The summed E-state index contributed by atoms with van der Waals surface area (Å²) in [5.41, 5.74) is 2.94. The van der Waals surface area contributed by atoms with Crippen molar-refractivity contribution >= 4 is 11.4 Å². The molecule has 0 atom stereocenters. The molecule has 0 saturated carbocycles. The highest BCUT2D eigenvalue weighted by atomic mass is 16.7. The van der Waals surface area contributed by atoms with Crippen LogP contribution < -0.4 is 9.90 Å². The molecule has 0 bridgehead atoms. The Bertz CT molecular complexity index is 1040. The van der Waals surface area contributed by atoms with Gasteiger partial charge in [-0.15, -0.1) is 0 Å². The molecule has 0 heterocycles. The van der Waals surface area contributed by atoms with Gasteiger partial charge in [-0.2, -0.15) is 20.8 Å². The van der Waals surface area contributed by atoms with Gasteiger partial charge in [0.2, 0.25) is 0 Å². The van der Waals surface area contributed by atoms with Crippen molar-refractivity contribution in [2.45, 2.75) is 0 Å². The molecule has 0 aliphatic heterocycles. The van der Waals surface area contributed by atoms with Crippen molar-refractivity contribution in [2.24, 2.45) is 0 Å². The summed E-state index contributed by atoms with van der Waals surface area (Å²) in [7, 11) is 0. The normalized spacial score (nSPS) is 9.42. The van der Waals surface area contributed by atoms with Gasteiger partial charge in [0.25, 0.3) is 0 Å². The molecule has 0 fully saturated rings. The topological polar surface area (TPSA) is 83.8 Å². The summed E-state index contributed by atoms with van der Waals surface area (Å²) in [6.45, 7) is 0. The van der Waals surface area contributed by atoms with E-state index < -0.39 is 0 Å². The summed E-state index contributed by atoms with van der Waals surface area (Å²) < 4.78 is 0. The highest BCUT2D eigenvalue weighted by Crippen LogP contribution is 2.28. The third kappa shape index (κ3) is 3.62. The Kier molecular flexibility index (Phi) is 4.80. The van der Waals surface area contributed by atoms with Gasteiger partial charge in [-0.05, 0) is 66.7 Å². The predicted molar refractivity (Wildman–Crippen MR) is 96.2 cm³/mol. The fourth-order valence-corrected chi connectivity index (χ4v) is 2.32. The molecule has 0 spiro atoms. The van der Waals surface area contributed by atoms with Gasteiger partial charge < -0.3 is 4.84 Å². The third-order valence-electron chi connectivity index (χ3n) is 3.62. The number of nitriles is 3. The molecule has 3 aromatic rings. The smallest absolute Gasteiger partial charge is 0.155 e. The van der Waals surface area contributed by atoms with Crippen molar-refractivity contribution in [1.82, 2.24) is 0 Å². The van der Waals surface area contributed by atoms with Crippen molar-refractivity contribution in [3.05, 3.63) is 89.5 Å². The van der Waals surface area contributed by atoms with Gasteiger partial charge in [-0.1, -0.05) is 6.07 Å². The molecule has 0 saturated heterocycles. The highest BCUT2D eigenvalue weighted by molar-refractivity contribution is 5.63. The molecule has 0 aromatic heterocycles. The average Bonchev–Trinajstić information content (AvgIpc) is 2.72. The SMILES string of the molecule is N#Cc1ccc(ON(c2ccc(C#N)cc2)c2cccc(C#N)c2)cc1. The summed E-state index contributed by atoms with van der Waals surface area (Å²) in [4.78, 5) is 5.99. The van der Waals surface area contributed by atoms with Crippen LogP contribution in [-0.4, -0.2) is 0 Å². The Labute approximate surface area is 151 Å². The van der Waals surface area contributed by atoms with E-state index in [2.05, 4.69) is 18.2 Å². The van der Waals surface area contributed by atoms with Gasteiger partial charge in [0.05, 0.1) is 46.3 Å². The zero-order valence-corrected chi connectivity index (χ0v) is 13.6. The molecule has 5 nitrogen and oxygen atoms in total. The van der Waals surface area contributed by atoms with Crippen LogP contribution in [0.1, 0.15) is 16.7 Å². The number of rotatable bonds is 4. The Morgan fingerprint density at radius 2 is 1.19 bits per heavy atom. The van der Waals surface area contributed by atoms with Crippen LogP contribution in [-0.2, 0) is 0 Å². The zero-order valence-electron chi connectivity index (χ0n) is 13.6. The molecule has 0 unspecified atom stereocenters. The summed E-state index contributed by atoms with van der Waals surface area (Å²) >= 11 is 0. The minimum Gasteiger partial charge on any atom is -0.375 e. The van der Waals surface area contributed by atoms with Crippen LogP contribution in [0.2, 0.25) is 0 Å². The molecule has 122 valence electrons.